The van der Waals surface area contributed by atoms with Crippen molar-refractivity contribution in [2.24, 2.45) is 0 Å². The van der Waals surface area contributed by atoms with E-state index in [0.717, 1.165) is 17.5 Å². The molecule has 0 radical (unpaired) electrons. The lowest BCUT2D eigenvalue weighted by atomic mass is 10.1. The Kier molecular flexibility index (Phi) is 4.42. The van der Waals surface area contributed by atoms with Crippen LogP contribution in [0.3, 0.4) is 0 Å². The molecule has 6 nitrogen and oxygen atoms in total. The molecule has 1 aromatic heterocycles. The van der Waals surface area contributed by atoms with Crippen molar-refractivity contribution in [1.82, 2.24) is 25.9 Å². The number of aryl methyl sites for hydroxylation is 1. The molecular formula is C17H17N5O. The molecule has 0 aliphatic rings. The van der Waals surface area contributed by atoms with Gasteiger partial charge in [-0.25, -0.2) is 0 Å². The highest BCUT2D eigenvalue weighted by Crippen LogP contribution is 2.14. The van der Waals surface area contributed by atoms with Gasteiger partial charge >= 0.3 is 0 Å². The number of hydrogen-bond acceptors (Lipinski definition) is 4. The number of carbonyl (C=O) groups excluding carboxylic acids is 1. The lowest BCUT2D eigenvalue weighted by molar-refractivity contribution is 0.0951. The first-order valence-electron chi connectivity index (χ1n) is 7.46. The molecule has 1 amide bonds. The Morgan fingerprint density at radius 2 is 1.74 bits per heavy atom. The number of rotatable bonds is 5. The van der Waals surface area contributed by atoms with E-state index in [9.17, 15) is 4.79 Å². The number of carbonyl (C=O) groups is 1. The van der Waals surface area contributed by atoms with E-state index in [1.165, 1.54) is 5.56 Å². The van der Waals surface area contributed by atoms with Crippen molar-refractivity contribution in [2.75, 3.05) is 0 Å². The zero-order valence-corrected chi connectivity index (χ0v) is 12.8. The van der Waals surface area contributed by atoms with Crippen LogP contribution in [0.1, 0.15) is 28.4 Å². The van der Waals surface area contributed by atoms with E-state index >= 15 is 0 Å². The van der Waals surface area contributed by atoms with E-state index in [0.29, 0.717) is 17.9 Å². The van der Waals surface area contributed by atoms with Gasteiger partial charge in [0, 0.05) is 17.7 Å². The lowest BCUT2D eigenvalue weighted by Crippen LogP contribution is -2.22. The second-order valence-corrected chi connectivity index (χ2v) is 5.17. The maximum absolute atomic E-state index is 12.1. The number of amides is 1. The molecule has 0 unspecified atom stereocenters. The van der Waals surface area contributed by atoms with Gasteiger partial charge in [-0.1, -0.05) is 43.3 Å². The maximum Gasteiger partial charge on any atom is 0.251 e. The zero-order valence-electron chi connectivity index (χ0n) is 12.8. The van der Waals surface area contributed by atoms with E-state index in [1.807, 2.05) is 48.5 Å². The molecule has 0 saturated heterocycles. The van der Waals surface area contributed by atoms with Crippen LogP contribution in [0.4, 0.5) is 0 Å². The van der Waals surface area contributed by atoms with Crippen molar-refractivity contribution in [2.45, 2.75) is 19.9 Å². The zero-order chi connectivity index (χ0) is 16.1. The van der Waals surface area contributed by atoms with Gasteiger partial charge in [0.25, 0.3) is 5.91 Å². The van der Waals surface area contributed by atoms with Crippen molar-refractivity contribution in [3.8, 4) is 11.4 Å². The minimum atomic E-state index is -0.0742. The van der Waals surface area contributed by atoms with Gasteiger partial charge in [-0.3, -0.25) is 4.79 Å². The molecule has 3 rings (SSSR count). The van der Waals surface area contributed by atoms with Gasteiger partial charge in [0.2, 0.25) is 5.82 Å². The molecule has 0 saturated carbocycles. The summed E-state index contributed by atoms with van der Waals surface area (Å²) in [7, 11) is 0. The number of nitrogens with one attached hydrogen (secondary N) is 2. The average Bonchev–Trinajstić information content (AvgIpc) is 3.15. The third-order valence-electron chi connectivity index (χ3n) is 3.63. The number of benzene rings is 2. The molecule has 3 aromatic rings. The summed E-state index contributed by atoms with van der Waals surface area (Å²) in [6.07, 6.45) is 0.967. The first-order valence-corrected chi connectivity index (χ1v) is 7.46. The quantitative estimate of drug-likeness (QED) is 0.758. The minimum absolute atomic E-state index is 0.0742. The monoisotopic (exact) mass is 307 g/mol. The van der Waals surface area contributed by atoms with Crippen molar-refractivity contribution >= 4 is 5.91 Å². The standard InChI is InChI=1S/C17H17N5O/c1-2-12-3-9-15(10-4-12)17(23)18-11-13-5-7-14(8-6-13)16-19-21-22-20-16/h3-10H,2,11H2,1H3,(H,18,23)(H,19,20,21,22). The van der Waals surface area contributed by atoms with Crippen molar-refractivity contribution in [3.05, 3.63) is 65.2 Å². The summed E-state index contributed by atoms with van der Waals surface area (Å²) in [5.41, 5.74) is 3.78. The van der Waals surface area contributed by atoms with Gasteiger partial charge in [-0.05, 0) is 34.9 Å². The Labute approximate surface area is 133 Å². The molecule has 0 atom stereocenters. The number of nitrogens with zero attached hydrogens (tertiary/aromatic N) is 3. The van der Waals surface area contributed by atoms with Crippen LogP contribution in [0.15, 0.2) is 48.5 Å². The van der Waals surface area contributed by atoms with Crippen LogP contribution in [0.25, 0.3) is 11.4 Å². The van der Waals surface area contributed by atoms with Crippen LogP contribution in [0.5, 0.6) is 0 Å². The molecule has 23 heavy (non-hydrogen) atoms. The summed E-state index contributed by atoms with van der Waals surface area (Å²) in [5.74, 6) is 0.478. The second-order valence-electron chi connectivity index (χ2n) is 5.17. The first kappa shape index (κ1) is 14.9. The third kappa shape index (κ3) is 3.60. The molecule has 0 spiro atoms. The van der Waals surface area contributed by atoms with Gasteiger partial charge in [0.15, 0.2) is 0 Å². The Hall–Kier alpha value is -3.02. The highest BCUT2D eigenvalue weighted by Gasteiger charge is 2.06. The van der Waals surface area contributed by atoms with Crippen LogP contribution < -0.4 is 5.32 Å². The van der Waals surface area contributed by atoms with Crippen molar-refractivity contribution in [3.63, 3.8) is 0 Å². The molecule has 1 heterocycles. The van der Waals surface area contributed by atoms with Gasteiger partial charge in [-0.2, -0.15) is 5.21 Å². The van der Waals surface area contributed by atoms with Crippen LogP contribution >= 0.6 is 0 Å². The molecule has 116 valence electrons. The summed E-state index contributed by atoms with van der Waals surface area (Å²) in [4.78, 5) is 12.1. The maximum atomic E-state index is 12.1. The van der Waals surface area contributed by atoms with Crippen molar-refractivity contribution < 1.29 is 4.79 Å². The molecule has 0 bridgehead atoms. The van der Waals surface area contributed by atoms with Crippen LogP contribution in [-0.2, 0) is 13.0 Å². The fraction of sp³-hybridized carbons (Fsp3) is 0.176. The van der Waals surface area contributed by atoms with Crippen molar-refractivity contribution in [1.29, 1.82) is 0 Å². The molecule has 0 fully saturated rings. The molecule has 2 N–H and O–H groups in total. The third-order valence-corrected chi connectivity index (χ3v) is 3.63. The molecule has 6 heteroatoms. The molecular weight excluding hydrogens is 290 g/mol. The number of tetrazole rings is 1. The minimum Gasteiger partial charge on any atom is -0.348 e. The number of hydrogen-bond donors (Lipinski definition) is 2. The van der Waals surface area contributed by atoms with E-state index in [4.69, 9.17) is 0 Å². The second kappa shape index (κ2) is 6.83. The fourth-order valence-corrected chi connectivity index (χ4v) is 2.23. The highest BCUT2D eigenvalue weighted by molar-refractivity contribution is 5.94. The Morgan fingerprint density at radius 3 is 2.35 bits per heavy atom. The summed E-state index contributed by atoms with van der Waals surface area (Å²) in [6, 6.07) is 15.4. The van der Waals surface area contributed by atoms with E-state index in [2.05, 4.69) is 32.9 Å². The largest absolute Gasteiger partial charge is 0.348 e. The van der Waals surface area contributed by atoms with Gasteiger partial charge < -0.3 is 5.32 Å². The number of aromatic amines is 1. The first-order chi connectivity index (χ1) is 11.3. The summed E-state index contributed by atoms with van der Waals surface area (Å²) in [6.45, 7) is 2.56. The highest BCUT2D eigenvalue weighted by atomic mass is 16.1. The lowest BCUT2D eigenvalue weighted by Gasteiger charge is -2.06. The summed E-state index contributed by atoms with van der Waals surface area (Å²) < 4.78 is 0. The Morgan fingerprint density at radius 1 is 1.04 bits per heavy atom. The topological polar surface area (TPSA) is 83.6 Å². The van der Waals surface area contributed by atoms with Gasteiger partial charge in [0.05, 0.1) is 0 Å². The van der Waals surface area contributed by atoms with Crippen LogP contribution in [-0.4, -0.2) is 26.5 Å². The molecule has 0 aliphatic carbocycles. The van der Waals surface area contributed by atoms with Gasteiger partial charge in [0.1, 0.15) is 0 Å². The summed E-state index contributed by atoms with van der Waals surface area (Å²) in [5, 5.41) is 16.7. The predicted molar refractivity (Wildman–Crippen MR) is 86.6 cm³/mol. The predicted octanol–water partition coefficient (Wildman–Crippen LogP) is 2.36. The average molecular weight is 307 g/mol. The Balaban J connectivity index is 1.60. The van der Waals surface area contributed by atoms with Gasteiger partial charge in [-0.15, -0.1) is 10.2 Å². The van der Waals surface area contributed by atoms with E-state index in [-0.39, 0.29) is 5.91 Å². The van der Waals surface area contributed by atoms with Crippen LogP contribution in [0, 0.1) is 0 Å². The number of aromatic nitrogens is 4. The molecule has 0 aliphatic heterocycles. The summed E-state index contributed by atoms with van der Waals surface area (Å²) >= 11 is 0. The van der Waals surface area contributed by atoms with E-state index < -0.39 is 0 Å². The normalized spacial score (nSPS) is 10.5. The SMILES string of the molecule is CCc1ccc(C(=O)NCc2ccc(-c3nn[nH]n3)cc2)cc1. The molecule has 2 aromatic carbocycles. The van der Waals surface area contributed by atoms with Crippen LogP contribution in [0.2, 0.25) is 0 Å². The van der Waals surface area contributed by atoms with E-state index in [1.54, 1.807) is 0 Å². The fourth-order valence-electron chi connectivity index (χ4n) is 2.23. The Bertz CT molecular complexity index is 764. The number of H-pyrrole nitrogens is 1. The smallest absolute Gasteiger partial charge is 0.251 e.